The number of hydrogen-bond acceptors (Lipinski definition) is 7. The molecular formula is C31H32O7. The molecule has 0 unspecified atom stereocenters. The van der Waals surface area contributed by atoms with Gasteiger partial charge in [0.2, 0.25) is 5.43 Å². The van der Waals surface area contributed by atoms with Gasteiger partial charge in [0.1, 0.15) is 23.3 Å². The van der Waals surface area contributed by atoms with E-state index in [0.29, 0.717) is 39.3 Å². The molecular weight excluding hydrogens is 484 g/mol. The van der Waals surface area contributed by atoms with Crippen molar-refractivity contribution in [3.05, 3.63) is 82.7 Å². The molecule has 198 valence electrons. The number of fused-ring (bicyclic) bond motifs is 1. The highest BCUT2D eigenvalue weighted by molar-refractivity contribution is 5.92. The van der Waals surface area contributed by atoms with Crippen LogP contribution >= 0.6 is 0 Å². The third-order valence-electron chi connectivity index (χ3n) is 5.39. The molecule has 0 saturated heterocycles. The SMILES string of the molecule is CC(C)Oc1ccc2c(=O)c(-c3cc(OC(=O)c4ccccc4)c(OC(C)C)cc3OC(C)C)coc2c1. The zero-order valence-corrected chi connectivity index (χ0v) is 22.4. The van der Waals surface area contributed by atoms with Crippen molar-refractivity contribution in [3.8, 4) is 34.1 Å². The first kappa shape index (κ1) is 26.8. The number of hydrogen-bond donors (Lipinski definition) is 0. The third kappa shape index (κ3) is 6.17. The van der Waals surface area contributed by atoms with E-state index in [0.717, 1.165) is 0 Å². The van der Waals surface area contributed by atoms with E-state index >= 15 is 0 Å². The molecule has 0 aliphatic carbocycles. The highest BCUT2D eigenvalue weighted by Gasteiger charge is 2.22. The molecule has 0 radical (unpaired) electrons. The molecule has 0 amide bonds. The van der Waals surface area contributed by atoms with Gasteiger partial charge in [-0.25, -0.2) is 4.79 Å². The minimum Gasteiger partial charge on any atom is -0.491 e. The summed E-state index contributed by atoms with van der Waals surface area (Å²) < 4.78 is 29.4. The normalized spacial score (nSPS) is 11.3. The number of benzene rings is 3. The Morgan fingerprint density at radius 3 is 2.03 bits per heavy atom. The maximum absolute atomic E-state index is 13.6. The summed E-state index contributed by atoms with van der Waals surface area (Å²) in [6, 6.07) is 17.0. The molecule has 0 atom stereocenters. The van der Waals surface area contributed by atoms with Gasteiger partial charge < -0.3 is 23.4 Å². The highest BCUT2D eigenvalue weighted by Crippen LogP contribution is 2.41. The van der Waals surface area contributed by atoms with Crippen LogP contribution in [0.3, 0.4) is 0 Å². The predicted octanol–water partition coefficient (Wildman–Crippen LogP) is 7.04. The Bertz CT molecular complexity index is 1480. The van der Waals surface area contributed by atoms with Crippen LogP contribution in [0.5, 0.6) is 23.0 Å². The van der Waals surface area contributed by atoms with Crippen molar-refractivity contribution in [2.45, 2.75) is 59.9 Å². The van der Waals surface area contributed by atoms with Gasteiger partial charge in [-0.3, -0.25) is 4.79 Å². The predicted molar refractivity (Wildman–Crippen MR) is 147 cm³/mol. The van der Waals surface area contributed by atoms with Crippen LogP contribution in [0.2, 0.25) is 0 Å². The number of carbonyl (C=O) groups excluding carboxylic acids is 1. The average Bonchev–Trinajstić information content (AvgIpc) is 2.85. The van der Waals surface area contributed by atoms with Crippen LogP contribution in [0.25, 0.3) is 22.1 Å². The first-order valence-electron chi connectivity index (χ1n) is 12.6. The lowest BCUT2D eigenvalue weighted by Gasteiger charge is -2.20. The van der Waals surface area contributed by atoms with Gasteiger partial charge in [-0.2, -0.15) is 0 Å². The fourth-order valence-corrected chi connectivity index (χ4v) is 3.90. The second-order valence-corrected chi connectivity index (χ2v) is 9.69. The molecule has 0 aliphatic heterocycles. The van der Waals surface area contributed by atoms with E-state index in [1.54, 1.807) is 54.6 Å². The molecule has 1 aromatic heterocycles. The molecule has 0 N–H and O–H groups in total. The van der Waals surface area contributed by atoms with E-state index in [-0.39, 0.29) is 35.1 Å². The first-order chi connectivity index (χ1) is 18.1. The minimum atomic E-state index is -0.550. The van der Waals surface area contributed by atoms with Gasteiger partial charge in [-0.1, -0.05) is 18.2 Å². The minimum absolute atomic E-state index is 0.0159. The van der Waals surface area contributed by atoms with Crippen LogP contribution in [0.15, 0.2) is 76.1 Å². The van der Waals surface area contributed by atoms with Crippen molar-refractivity contribution >= 4 is 16.9 Å². The first-order valence-corrected chi connectivity index (χ1v) is 12.6. The molecule has 0 bridgehead atoms. The molecule has 1 heterocycles. The lowest BCUT2D eigenvalue weighted by molar-refractivity contribution is 0.0724. The Morgan fingerprint density at radius 1 is 0.711 bits per heavy atom. The zero-order chi connectivity index (χ0) is 27.4. The van der Waals surface area contributed by atoms with E-state index in [4.69, 9.17) is 23.4 Å². The van der Waals surface area contributed by atoms with Crippen molar-refractivity contribution in [2.75, 3.05) is 0 Å². The van der Waals surface area contributed by atoms with Crippen molar-refractivity contribution in [1.82, 2.24) is 0 Å². The lowest BCUT2D eigenvalue weighted by Crippen LogP contribution is -2.14. The average molecular weight is 517 g/mol. The van der Waals surface area contributed by atoms with Gasteiger partial charge in [0.05, 0.1) is 34.8 Å². The Hall–Kier alpha value is -4.26. The fraction of sp³-hybridized carbons (Fsp3) is 0.290. The molecule has 7 nitrogen and oxygen atoms in total. The third-order valence-corrected chi connectivity index (χ3v) is 5.39. The zero-order valence-electron chi connectivity index (χ0n) is 22.4. The molecule has 4 aromatic rings. The largest absolute Gasteiger partial charge is 0.491 e. The van der Waals surface area contributed by atoms with Gasteiger partial charge in [0, 0.05) is 17.7 Å². The van der Waals surface area contributed by atoms with Gasteiger partial charge in [0.15, 0.2) is 11.5 Å². The van der Waals surface area contributed by atoms with Crippen LogP contribution in [0.1, 0.15) is 51.9 Å². The van der Waals surface area contributed by atoms with Gasteiger partial charge in [-0.15, -0.1) is 0 Å². The van der Waals surface area contributed by atoms with E-state index in [2.05, 4.69) is 0 Å². The van der Waals surface area contributed by atoms with Gasteiger partial charge >= 0.3 is 5.97 Å². The number of rotatable bonds is 9. The summed E-state index contributed by atoms with van der Waals surface area (Å²) in [5, 5.41) is 0.388. The molecule has 38 heavy (non-hydrogen) atoms. The van der Waals surface area contributed by atoms with Crippen LogP contribution in [-0.4, -0.2) is 24.3 Å². The van der Waals surface area contributed by atoms with Crippen LogP contribution in [0.4, 0.5) is 0 Å². The fourth-order valence-electron chi connectivity index (χ4n) is 3.90. The van der Waals surface area contributed by atoms with E-state index in [1.165, 1.54) is 6.26 Å². The van der Waals surface area contributed by atoms with Crippen LogP contribution in [0, 0.1) is 0 Å². The van der Waals surface area contributed by atoms with Gasteiger partial charge in [-0.05, 0) is 71.9 Å². The van der Waals surface area contributed by atoms with E-state index in [1.807, 2.05) is 47.6 Å². The molecule has 0 spiro atoms. The van der Waals surface area contributed by atoms with Crippen molar-refractivity contribution in [2.24, 2.45) is 0 Å². The molecule has 4 rings (SSSR count). The Morgan fingerprint density at radius 2 is 1.37 bits per heavy atom. The van der Waals surface area contributed by atoms with Crippen molar-refractivity contribution in [1.29, 1.82) is 0 Å². The van der Waals surface area contributed by atoms with Gasteiger partial charge in [0.25, 0.3) is 0 Å². The topological polar surface area (TPSA) is 84.2 Å². The second-order valence-electron chi connectivity index (χ2n) is 9.69. The molecule has 7 heteroatoms. The summed E-state index contributed by atoms with van der Waals surface area (Å²) in [5.41, 5.74) is 1.21. The highest BCUT2D eigenvalue weighted by atomic mass is 16.6. The van der Waals surface area contributed by atoms with E-state index in [9.17, 15) is 9.59 Å². The molecule has 0 saturated carbocycles. The molecule has 0 fully saturated rings. The summed E-state index contributed by atoms with van der Waals surface area (Å²) >= 11 is 0. The van der Waals surface area contributed by atoms with Crippen LogP contribution < -0.4 is 24.4 Å². The Kier molecular flexibility index (Phi) is 8.05. The number of esters is 1. The number of ether oxygens (including phenoxy) is 4. The maximum atomic E-state index is 13.6. The maximum Gasteiger partial charge on any atom is 0.343 e. The molecule has 3 aromatic carbocycles. The summed E-state index contributed by atoms with van der Waals surface area (Å²) in [7, 11) is 0. The smallest absolute Gasteiger partial charge is 0.343 e. The Labute approximate surface area is 221 Å². The number of carbonyl (C=O) groups is 1. The summed E-state index contributed by atoms with van der Waals surface area (Å²) in [6.45, 7) is 11.4. The quantitative estimate of drug-likeness (QED) is 0.174. The monoisotopic (exact) mass is 516 g/mol. The standard InChI is InChI=1S/C31H32O7/c1-18(2)35-22-12-13-23-26(14-22)34-17-25(30(23)32)24-15-28(38-31(33)21-10-8-7-9-11-21)29(37-20(5)6)16-27(24)36-19(3)4/h7-20H,1-6H3. The van der Waals surface area contributed by atoms with E-state index < -0.39 is 5.97 Å². The molecule has 0 aliphatic rings. The van der Waals surface area contributed by atoms with Crippen molar-refractivity contribution in [3.63, 3.8) is 0 Å². The van der Waals surface area contributed by atoms with Crippen LogP contribution in [-0.2, 0) is 0 Å². The summed E-state index contributed by atoms with van der Waals surface area (Å²) in [6.07, 6.45) is 0.979. The van der Waals surface area contributed by atoms with Crippen molar-refractivity contribution < 1.29 is 28.2 Å². The summed E-state index contributed by atoms with van der Waals surface area (Å²) in [5.74, 6) is 0.952. The Balaban J connectivity index is 1.86. The lowest BCUT2D eigenvalue weighted by atomic mass is 10.0. The summed E-state index contributed by atoms with van der Waals surface area (Å²) in [4.78, 5) is 26.5. The second kappa shape index (κ2) is 11.4.